The van der Waals surface area contributed by atoms with Crippen molar-refractivity contribution < 1.29 is 0 Å². The highest BCUT2D eigenvalue weighted by Gasteiger charge is 2.20. The predicted octanol–water partition coefficient (Wildman–Crippen LogP) is 4.78. The Morgan fingerprint density at radius 3 is 2.67 bits per heavy atom. The van der Waals surface area contributed by atoms with Crippen LogP contribution in [0.3, 0.4) is 0 Å². The van der Waals surface area contributed by atoms with E-state index >= 15 is 0 Å². The number of nitrogens with zero attached hydrogens (tertiary/aromatic N) is 2. The number of nitrogens with one attached hydrogen (secondary N) is 1. The van der Waals surface area contributed by atoms with Gasteiger partial charge in [-0.05, 0) is 48.5 Å². The Kier molecular flexibility index (Phi) is 5.72. The van der Waals surface area contributed by atoms with E-state index in [1.165, 1.54) is 0 Å². The summed E-state index contributed by atoms with van der Waals surface area (Å²) in [7, 11) is 1.93. The minimum Gasteiger partial charge on any atom is -0.313 e. The summed E-state index contributed by atoms with van der Waals surface area (Å²) in [5.41, 5.74) is 2.95. The van der Waals surface area contributed by atoms with E-state index in [-0.39, 0.29) is 6.04 Å². The third-order valence-electron chi connectivity index (χ3n) is 3.56. The average molecular weight is 391 g/mol. The molecule has 1 heterocycles. The highest BCUT2D eigenvalue weighted by atomic mass is 79.9. The Bertz CT molecular complexity index is 640. The van der Waals surface area contributed by atoms with Crippen LogP contribution in [0.15, 0.2) is 22.7 Å². The van der Waals surface area contributed by atoms with Crippen LogP contribution in [0.1, 0.15) is 29.9 Å². The molecule has 0 aliphatic heterocycles. The first-order chi connectivity index (χ1) is 9.99. The summed E-state index contributed by atoms with van der Waals surface area (Å²) in [6.45, 7) is 4.79. The van der Waals surface area contributed by atoms with Crippen molar-refractivity contribution in [3.05, 3.63) is 49.7 Å². The van der Waals surface area contributed by atoms with Gasteiger partial charge in [-0.15, -0.1) is 0 Å². The summed E-state index contributed by atoms with van der Waals surface area (Å²) in [6, 6.07) is 6.03. The van der Waals surface area contributed by atoms with Crippen molar-refractivity contribution in [2.45, 2.75) is 32.9 Å². The fourth-order valence-corrected chi connectivity index (χ4v) is 3.27. The number of aryl methyl sites for hydroxylation is 2. The van der Waals surface area contributed by atoms with E-state index < -0.39 is 0 Å². The highest BCUT2D eigenvalue weighted by Crippen LogP contribution is 2.33. The topological polar surface area (TPSA) is 29.9 Å². The van der Waals surface area contributed by atoms with Gasteiger partial charge in [-0.2, -0.15) is 5.10 Å². The van der Waals surface area contributed by atoms with E-state index in [1.807, 2.05) is 36.9 Å². The number of hydrogen-bond donors (Lipinski definition) is 1. The quantitative estimate of drug-likeness (QED) is 0.795. The molecule has 1 aromatic heterocycles. The van der Waals surface area contributed by atoms with Crippen LogP contribution >= 0.6 is 39.1 Å². The van der Waals surface area contributed by atoms with Gasteiger partial charge >= 0.3 is 0 Å². The summed E-state index contributed by atoms with van der Waals surface area (Å²) in [5.74, 6) is 0. The summed E-state index contributed by atoms with van der Waals surface area (Å²) in [5, 5.41) is 9.25. The van der Waals surface area contributed by atoms with Crippen molar-refractivity contribution in [1.82, 2.24) is 15.1 Å². The van der Waals surface area contributed by atoms with E-state index in [2.05, 4.69) is 33.3 Å². The summed E-state index contributed by atoms with van der Waals surface area (Å²) >= 11 is 16.3. The van der Waals surface area contributed by atoms with E-state index in [1.54, 1.807) is 0 Å². The third kappa shape index (κ3) is 3.45. The van der Waals surface area contributed by atoms with Crippen LogP contribution in [0.2, 0.25) is 10.0 Å². The molecule has 2 aromatic rings. The van der Waals surface area contributed by atoms with Crippen LogP contribution in [0.25, 0.3) is 0 Å². The average Bonchev–Trinajstić information content (AvgIpc) is 2.75. The molecule has 2 rings (SSSR count). The molecule has 6 heteroatoms. The maximum absolute atomic E-state index is 6.41. The first kappa shape index (κ1) is 16.8. The highest BCUT2D eigenvalue weighted by molar-refractivity contribution is 9.10. The number of hydrogen-bond acceptors (Lipinski definition) is 2. The first-order valence-electron chi connectivity index (χ1n) is 6.82. The monoisotopic (exact) mass is 389 g/mol. The van der Waals surface area contributed by atoms with Crippen LogP contribution in [-0.2, 0) is 13.0 Å². The lowest BCUT2D eigenvalue weighted by Gasteiger charge is -2.19. The van der Waals surface area contributed by atoms with Gasteiger partial charge in [0.1, 0.15) is 0 Å². The van der Waals surface area contributed by atoms with Gasteiger partial charge in [-0.3, -0.25) is 4.68 Å². The molecule has 0 bridgehead atoms. The van der Waals surface area contributed by atoms with Crippen molar-refractivity contribution >= 4 is 39.1 Å². The molecule has 0 spiro atoms. The molecule has 21 heavy (non-hydrogen) atoms. The number of likely N-dealkylation sites (N-methyl/N-ethyl adjacent to an activating group) is 1. The SMILES string of the molecule is CCn1nc(C)c(Cl)c1CC(NC)c1cccc(Br)c1Cl. The smallest absolute Gasteiger partial charge is 0.0847 e. The van der Waals surface area contributed by atoms with Crippen molar-refractivity contribution in [3.63, 3.8) is 0 Å². The molecular formula is C15H18BrCl2N3. The van der Waals surface area contributed by atoms with E-state index in [0.717, 1.165) is 44.4 Å². The van der Waals surface area contributed by atoms with Gasteiger partial charge in [-0.25, -0.2) is 0 Å². The maximum Gasteiger partial charge on any atom is 0.0847 e. The molecule has 0 aliphatic carbocycles. The molecule has 0 saturated heterocycles. The Morgan fingerprint density at radius 2 is 2.05 bits per heavy atom. The number of rotatable bonds is 5. The Hall–Kier alpha value is -0.550. The number of halogens is 3. The molecule has 1 unspecified atom stereocenters. The van der Waals surface area contributed by atoms with Gasteiger partial charge in [0.05, 0.1) is 21.4 Å². The Balaban J connectivity index is 2.38. The minimum absolute atomic E-state index is 0.0777. The first-order valence-corrected chi connectivity index (χ1v) is 8.37. The molecule has 0 aliphatic rings. The zero-order valence-electron chi connectivity index (χ0n) is 12.3. The fraction of sp³-hybridized carbons (Fsp3) is 0.400. The lowest BCUT2D eigenvalue weighted by molar-refractivity contribution is 0.541. The van der Waals surface area contributed by atoms with Crippen LogP contribution in [-0.4, -0.2) is 16.8 Å². The maximum atomic E-state index is 6.41. The largest absolute Gasteiger partial charge is 0.313 e. The van der Waals surface area contributed by atoms with Crippen molar-refractivity contribution in [1.29, 1.82) is 0 Å². The third-order valence-corrected chi connectivity index (χ3v) is 5.36. The minimum atomic E-state index is 0.0777. The van der Waals surface area contributed by atoms with Crippen molar-refractivity contribution in [2.75, 3.05) is 7.05 Å². The molecule has 3 nitrogen and oxygen atoms in total. The fourth-order valence-electron chi connectivity index (χ4n) is 2.41. The second-order valence-electron chi connectivity index (χ2n) is 4.85. The normalized spacial score (nSPS) is 12.7. The van der Waals surface area contributed by atoms with Gasteiger partial charge in [0, 0.05) is 23.5 Å². The van der Waals surface area contributed by atoms with Gasteiger partial charge < -0.3 is 5.32 Å². The zero-order valence-corrected chi connectivity index (χ0v) is 15.3. The Morgan fingerprint density at radius 1 is 1.33 bits per heavy atom. The molecular weight excluding hydrogens is 373 g/mol. The summed E-state index contributed by atoms with van der Waals surface area (Å²) in [6.07, 6.45) is 0.736. The zero-order chi connectivity index (χ0) is 15.6. The number of benzene rings is 1. The van der Waals surface area contributed by atoms with Crippen molar-refractivity contribution in [2.24, 2.45) is 0 Å². The van der Waals surface area contributed by atoms with E-state index in [0.29, 0.717) is 0 Å². The molecule has 0 saturated carbocycles. The Labute approximate surface area is 143 Å². The summed E-state index contributed by atoms with van der Waals surface area (Å²) < 4.78 is 2.85. The van der Waals surface area contributed by atoms with Gasteiger partial charge in [0.2, 0.25) is 0 Å². The molecule has 1 N–H and O–H groups in total. The summed E-state index contributed by atoms with van der Waals surface area (Å²) in [4.78, 5) is 0. The molecule has 1 aromatic carbocycles. The molecule has 0 amide bonds. The van der Waals surface area contributed by atoms with Gasteiger partial charge in [0.25, 0.3) is 0 Å². The van der Waals surface area contributed by atoms with Crippen LogP contribution < -0.4 is 5.32 Å². The number of aromatic nitrogens is 2. The van der Waals surface area contributed by atoms with Crippen LogP contribution in [0.5, 0.6) is 0 Å². The van der Waals surface area contributed by atoms with E-state index in [4.69, 9.17) is 23.2 Å². The molecule has 0 fully saturated rings. The molecule has 1 atom stereocenters. The second-order valence-corrected chi connectivity index (χ2v) is 6.46. The lowest BCUT2D eigenvalue weighted by Crippen LogP contribution is -2.21. The van der Waals surface area contributed by atoms with Gasteiger partial charge in [0.15, 0.2) is 0 Å². The van der Waals surface area contributed by atoms with E-state index in [9.17, 15) is 0 Å². The predicted molar refractivity (Wildman–Crippen MR) is 92.3 cm³/mol. The van der Waals surface area contributed by atoms with Crippen LogP contribution in [0.4, 0.5) is 0 Å². The second kappa shape index (κ2) is 7.14. The molecule has 0 radical (unpaired) electrons. The standard InChI is InChI=1S/C15H18BrCl2N3/c1-4-21-13(14(17)9(2)20-21)8-12(19-3)10-6-5-7-11(16)15(10)18/h5-7,12,19H,4,8H2,1-3H3. The van der Waals surface area contributed by atoms with Gasteiger partial charge in [-0.1, -0.05) is 35.3 Å². The lowest BCUT2D eigenvalue weighted by atomic mass is 10.0. The molecule has 114 valence electrons. The van der Waals surface area contributed by atoms with Crippen LogP contribution in [0, 0.1) is 6.92 Å². The van der Waals surface area contributed by atoms with Crippen molar-refractivity contribution in [3.8, 4) is 0 Å².